The van der Waals surface area contributed by atoms with E-state index < -0.39 is 0 Å². The summed E-state index contributed by atoms with van der Waals surface area (Å²) >= 11 is 1.64. The molecular formula is C12H12O2S. The maximum atomic E-state index is 11.7. The van der Waals surface area contributed by atoms with Gasteiger partial charge in [0.15, 0.2) is 5.78 Å². The molecule has 0 spiro atoms. The van der Waals surface area contributed by atoms with Crippen LogP contribution in [0.15, 0.2) is 23.1 Å². The normalized spacial score (nSPS) is 21.7. The molecule has 2 aliphatic carbocycles. The minimum absolute atomic E-state index is 0.125. The van der Waals surface area contributed by atoms with Gasteiger partial charge in [0.05, 0.1) is 5.75 Å². The van der Waals surface area contributed by atoms with Crippen molar-refractivity contribution in [3.63, 3.8) is 0 Å². The number of fused-ring (bicyclic) bond motifs is 1. The second-order valence-electron chi connectivity index (χ2n) is 3.97. The van der Waals surface area contributed by atoms with Gasteiger partial charge in [-0.15, -0.1) is 11.8 Å². The Morgan fingerprint density at radius 1 is 1.53 bits per heavy atom. The van der Waals surface area contributed by atoms with Crippen LogP contribution in [-0.4, -0.2) is 24.2 Å². The number of carbonyl (C=O) groups excluding carboxylic acids is 1. The van der Waals surface area contributed by atoms with Gasteiger partial charge in [-0.3, -0.25) is 4.79 Å². The van der Waals surface area contributed by atoms with E-state index in [2.05, 4.69) is 18.2 Å². The zero-order chi connectivity index (χ0) is 10.3. The van der Waals surface area contributed by atoms with Crippen LogP contribution in [0.1, 0.15) is 12.8 Å². The van der Waals surface area contributed by atoms with Gasteiger partial charge in [0.1, 0.15) is 6.10 Å². The van der Waals surface area contributed by atoms with Crippen molar-refractivity contribution < 1.29 is 9.53 Å². The van der Waals surface area contributed by atoms with Crippen molar-refractivity contribution in [2.24, 2.45) is 0 Å². The standard InChI is InChI=1S/C12H12O2S/c13-10(11-2-1-5-14-11)7-15-12-4-3-8-6-9(8)12/h3-4,6,11H,1-2,5,7H2. The molecule has 3 aliphatic rings. The van der Waals surface area contributed by atoms with E-state index in [1.54, 1.807) is 11.8 Å². The second kappa shape index (κ2) is 3.65. The molecule has 0 aromatic heterocycles. The highest BCUT2D eigenvalue weighted by molar-refractivity contribution is 8.00. The van der Waals surface area contributed by atoms with Crippen molar-refractivity contribution in [1.82, 2.24) is 0 Å². The molecule has 78 valence electrons. The lowest BCUT2D eigenvalue weighted by Crippen LogP contribution is -2.21. The highest BCUT2D eigenvalue weighted by atomic mass is 32.2. The molecule has 3 heteroatoms. The van der Waals surface area contributed by atoms with Crippen LogP contribution in [0, 0.1) is 0 Å². The number of thioether (sulfide) groups is 1. The van der Waals surface area contributed by atoms with Gasteiger partial charge < -0.3 is 4.74 Å². The van der Waals surface area contributed by atoms with E-state index in [0.29, 0.717) is 5.75 Å². The smallest absolute Gasteiger partial charge is 0.171 e. The highest BCUT2D eigenvalue weighted by Gasteiger charge is 2.24. The number of benzene rings is 1. The maximum Gasteiger partial charge on any atom is 0.171 e. The van der Waals surface area contributed by atoms with Crippen LogP contribution >= 0.6 is 11.8 Å². The van der Waals surface area contributed by atoms with Crippen LogP contribution in [0.5, 0.6) is 0 Å². The fourth-order valence-corrected chi connectivity index (χ4v) is 2.91. The molecule has 1 saturated heterocycles. The van der Waals surface area contributed by atoms with E-state index in [-0.39, 0.29) is 11.9 Å². The Morgan fingerprint density at radius 3 is 3.07 bits per heavy atom. The quantitative estimate of drug-likeness (QED) is 0.740. The number of ketones is 1. The average molecular weight is 220 g/mol. The average Bonchev–Trinajstić information content (AvgIpc) is 2.70. The number of ether oxygens (including phenoxy) is 1. The molecule has 1 unspecified atom stereocenters. The topological polar surface area (TPSA) is 26.3 Å². The van der Waals surface area contributed by atoms with Gasteiger partial charge in [-0.2, -0.15) is 0 Å². The fourth-order valence-electron chi connectivity index (χ4n) is 1.93. The predicted octanol–water partition coefficient (Wildman–Crippen LogP) is 2.51. The third kappa shape index (κ3) is 1.82. The molecule has 1 aliphatic heterocycles. The Morgan fingerprint density at radius 2 is 2.47 bits per heavy atom. The molecule has 1 atom stereocenters. The Balaban J connectivity index is 1.53. The van der Waals surface area contributed by atoms with Crippen molar-refractivity contribution in [1.29, 1.82) is 0 Å². The van der Waals surface area contributed by atoms with Crippen molar-refractivity contribution in [2.45, 2.75) is 23.8 Å². The van der Waals surface area contributed by atoms with Gasteiger partial charge >= 0.3 is 0 Å². The van der Waals surface area contributed by atoms with Crippen LogP contribution < -0.4 is 0 Å². The molecule has 1 heterocycles. The van der Waals surface area contributed by atoms with Crippen LogP contribution in [0.3, 0.4) is 0 Å². The second-order valence-corrected chi connectivity index (χ2v) is 4.98. The summed E-state index contributed by atoms with van der Waals surface area (Å²) in [5, 5.41) is 0. The zero-order valence-electron chi connectivity index (χ0n) is 8.36. The number of carbonyl (C=O) groups is 1. The van der Waals surface area contributed by atoms with Gasteiger partial charge in [0, 0.05) is 11.5 Å². The molecule has 0 radical (unpaired) electrons. The molecule has 3 rings (SSSR count). The zero-order valence-corrected chi connectivity index (χ0v) is 9.18. The van der Waals surface area contributed by atoms with Crippen LogP contribution in [-0.2, 0) is 9.53 Å². The number of Topliss-reactive ketones (excluding diaryl/α,β-unsaturated/α-hetero) is 1. The molecule has 2 nitrogen and oxygen atoms in total. The van der Waals surface area contributed by atoms with E-state index >= 15 is 0 Å². The Kier molecular flexibility index (Phi) is 2.29. The maximum absolute atomic E-state index is 11.7. The van der Waals surface area contributed by atoms with Crippen LogP contribution in [0.4, 0.5) is 0 Å². The monoisotopic (exact) mass is 220 g/mol. The summed E-state index contributed by atoms with van der Waals surface area (Å²) in [6.07, 6.45) is 1.81. The Labute approximate surface area is 93.0 Å². The lowest BCUT2D eigenvalue weighted by atomic mass is 10.2. The summed E-state index contributed by atoms with van der Waals surface area (Å²) in [4.78, 5) is 13.0. The van der Waals surface area contributed by atoms with E-state index in [9.17, 15) is 4.79 Å². The van der Waals surface area contributed by atoms with E-state index in [0.717, 1.165) is 19.4 Å². The lowest BCUT2D eigenvalue weighted by Gasteiger charge is -2.06. The predicted molar refractivity (Wildman–Crippen MR) is 60.1 cm³/mol. The van der Waals surface area contributed by atoms with Gasteiger partial charge in [-0.05, 0) is 36.1 Å². The van der Waals surface area contributed by atoms with E-state index in [1.807, 2.05) is 0 Å². The molecule has 0 aromatic rings. The molecule has 1 fully saturated rings. The summed E-state index contributed by atoms with van der Waals surface area (Å²) in [5.74, 6) is 0.794. The summed E-state index contributed by atoms with van der Waals surface area (Å²) in [5.41, 5.74) is 2.67. The van der Waals surface area contributed by atoms with Crippen LogP contribution in [0.25, 0.3) is 11.1 Å². The van der Waals surface area contributed by atoms with E-state index in [1.165, 1.54) is 16.0 Å². The van der Waals surface area contributed by atoms with Crippen molar-refractivity contribution in [3.05, 3.63) is 18.2 Å². The Hall–Kier alpha value is -0.800. The number of rotatable bonds is 4. The lowest BCUT2D eigenvalue weighted by molar-refractivity contribution is -0.125. The van der Waals surface area contributed by atoms with Gasteiger partial charge in [-0.25, -0.2) is 0 Å². The summed E-state index contributed by atoms with van der Waals surface area (Å²) < 4.78 is 5.36. The molecule has 0 aromatic carbocycles. The number of hydrogen-bond donors (Lipinski definition) is 0. The summed E-state index contributed by atoms with van der Waals surface area (Å²) in [7, 11) is 0. The highest BCUT2D eigenvalue weighted by Crippen LogP contribution is 2.43. The SMILES string of the molecule is O=C(CSc1ccc2cc1-2)C1CCCO1. The van der Waals surface area contributed by atoms with Gasteiger partial charge in [0.2, 0.25) is 0 Å². The number of hydrogen-bond acceptors (Lipinski definition) is 3. The summed E-state index contributed by atoms with van der Waals surface area (Å²) in [6.45, 7) is 0.751. The van der Waals surface area contributed by atoms with Crippen molar-refractivity contribution >= 4 is 17.5 Å². The van der Waals surface area contributed by atoms with Gasteiger partial charge in [-0.1, -0.05) is 6.07 Å². The van der Waals surface area contributed by atoms with Crippen molar-refractivity contribution in [3.8, 4) is 11.1 Å². The summed E-state index contributed by atoms with van der Waals surface area (Å²) in [6, 6.07) is 6.35. The molecule has 0 N–H and O–H groups in total. The first-order valence-corrected chi connectivity index (χ1v) is 6.25. The van der Waals surface area contributed by atoms with Crippen molar-refractivity contribution in [2.75, 3.05) is 12.4 Å². The molecule has 0 saturated carbocycles. The first-order chi connectivity index (χ1) is 7.34. The van der Waals surface area contributed by atoms with Crippen LogP contribution in [0.2, 0.25) is 0 Å². The largest absolute Gasteiger partial charge is 0.370 e. The third-order valence-electron chi connectivity index (χ3n) is 2.87. The molecule has 0 amide bonds. The van der Waals surface area contributed by atoms with Gasteiger partial charge in [0.25, 0.3) is 0 Å². The Bertz CT molecular complexity index is 408. The first kappa shape index (κ1) is 9.43. The minimum Gasteiger partial charge on any atom is -0.370 e. The molecular weight excluding hydrogens is 208 g/mol. The minimum atomic E-state index is -0.125. The first-order valence-electron chi connectivity index (χ1n) is 5.26. The fraction of sp³-hybridized carbons (Fsp3) is 0.417. The third-order valence-corrected chi connectivity index (χ3v) is 3.96. The molecule has 0 bridgehead atoms. The molecule has 15 heavy (non-hydrogen) atoms. The van der Waals surface area contributed by atoms with E-state index in [4.69, 9.17) is 4.74 Å².